The first-order valence-corrected chi connectivity index (χ1v) is 10.3. The van der Waals surface area contributed by atoms with Crippen molar-refractivity contribution in [2.45, 2.75) is 32.4 Å². The Balaban J connectivity index is 1.45. The summed E-state index contributed by atoms with van der Waals surface area (Å²) >= 11 is 0. The lowest BCUT2D eigenvalue weighted by Gasteiger charge is -2.26. The fraction of sp³-hybridized carbons (Fsp3) is 0.348. The molecular weight excluding hydrogens is 414 g/mol. The molecule has 168 valence electrons. The second-order valence-corrected chi connectivity index (χ2v) is 7.73. The van der Waals surface area contributed by atoms with Crippen molar-refractivity contribution in [1.82, 2.24) is 15.5 Å². The van der Waals surface area contributed by atoms with E-state index in [1.54, 1.807) is 31.4 Å². The number of hydrogen-bond donors (Lipinski definition) is 2. The van der Waals surface area contributed by atoms with Gasteiger partial charge in [-0.15, -0.1) is 0 Å². The van der Waals surface area contributed by atoms with Crippen molar-refractivity contribution in [3.05, 3.63) is 53.1 Å². The van der Waals surface area contributed by atoms with Gasteiger partial charge in [-0.1, -0.05) is 19.1 Å². The summed E-state index contributed by atoms with van der Waals surface area (Å²) in [6, 6.07) is 10.1. The maximum absolute atomic E-state index is 13.3. The van der Waals surface area contributed by atoms with Crippen LogP contribution in [0, 0.1) is 6.92 Å². The maximum Gasteiger partial charge on any atom is 0.325 e. The molecule has 4 amide bonds. The van der Waals surface area contributed by atoms with Crippen LogP contribution in [0.5, 0.6) is 17.2 Å². The number of imide groups is 1. The van der Waals surface area contributed by atoms with Crippen molar-refractivity contribution >= 4 is 17.8 Å². The van der Waals surface area contributed by atoms with Crippen molar-refractivity contribution in [2.75, 3.05) is 20.4 Å². The van der Waals surface area contributed by atoms with Gasteiger partial charge >= 0.3 is 6.03 Å². The van der Waals surface area contributed by atoms with Crippen LogP contribution in [0.3, 0.4) is 0 Å². The number of amides is 4. The van der Waals surface area contributed by atoms with Gasteiger partial charge in [0, 0.05) is 6.54 Å². The molecule has 2 N–H and O–H groups in total. The number of aryl methyl sites for hydroxylation is 1. The second-order valence-electron chi connectivity index (χ2n) is 7.73. The predicted octanol–water partition coefficient (Wildman–Crippen LogP) is 2.21. The molecular formula is C23H25N3O6. The molecule has 4 rings (SSSR count). The van der Waals surface area contributed by atoms with Gasteiger partial charge in [-0.2, -0.15) is 0 Å². The summed E-state index contributed by atoms with van der Waals surface area (Å²) in [4.78, 5) is 39.4. The topological polar surface area (TPSA) is 106 Å². The van der Waals surface area contributed by atoms with Crippen molar-refractivity contribution in [1.29, 1.82) is 0 Å². The molecule has 0 bridgehead atoms. The maximum atomic E-state index is 13.3. The quantitative estimate of drug-likeness (QED) is 0.641. The summed E-state index contributed by atoms with van der Waals surface area (Å²) in [5.74, 6) is 1.07. The zero-order valence-corrected chi connectivity index (χ0v) is 18.2. The minimum atomic E-state index is -1.22. The Morgan fingerprint density at radius 1 is 1.19 bits per heavy atom. The highest BCUT2D eigenvalue weighted by Gasteiger charge is 2.51. The molecule has 2 aromatic rings. The molecule has 0 radical (unpaired) electrons. The Morgan fingerprint density at radius 2 is 1.97 bits per heavy atom. The molecule has 2 aliphatic rings. The normalized spacial score (nSPS) is 19.2. The number of urea groups is 1. The van der Waals surface area contributed by atoms with Crippen LogP contribution in [0.15, 0.2) is 36.4 Å². The second kappa shape index (κ2) is 8.41. The number of fused-ring (bicyclic) bond motifs is 1. The van der Waals surface area contributed by atoms with Gasteiger partial charge in [0.2, 0.25) is 12.7 Å². The van der Waals surface area contributed by atoms with Gasteiger partial charge in [0.15, 0.2) is 11.5 Å². The van der Waals surface area contributed by atoms with Crippen LogP contribution in [0.4, 0.5) is 4.79 Å². The van der Waals surface area contributed by atoms with Crippen LogP contribution in [0.1, 0.15) is 30.0 Å². The number of nitrogens with one attached hydrogen (secondary N) is 2. The molecule has 1 unspecified atom stereocenters. The smallest absolute Gasteiger partial charge is 0.325 e. The highest BCUT2D eigenvalue weighted by Crippen LogP contribution is 2.35. The molecule has 0 aromatic heterocycles. The van der Waals surface area contributed by atoms with Gasteiger partial charge < -0.3 is 24.8 Å². The molecule has 0 aliphatic carbocycles. The summed E-state index contributed by atoms with van der Waals surface area (Å²) in [7, 11) is 1.57. The van der Waals surface area contributed by atoms with Gasteiger partial charge in [0.05, 0.1) is 7.11 Å². The average molecular weight is 439 g/mol. The average Bonchev–Trinajstić information content (AvgIpc) is 3.35. The molecule has 9 heteroatoms. The fourth-order valence-corrected chi connectivity index (χ4v) is 4.00. The summed E-state index contributed by atoms with van der Waals surface area (Å²) in [6.45, 7) is 3.72. The van der Waals surface area contributed by atoms with Crippen molar-refractivity contribution in [2.24, 2.45) is 0 Å². The van der Waals surface area contributed by atoms with Crippen LogP contribution < -0.4 is 24.8 Å². The van der Waals surface area contributed by atoms with Crippen LogP contribution in [0.25, 0.3) is 0 Å². The molecule has 1 atom stereocenters. The van der Waals surface area contributed by atoms with E-state index in [4.69, 9.17) is 14.2 Å². The third-order valence-corrected chi connectivity index (χ3v) is 5.82. The monoisotopic (exact) mass is 439 g/mol. The lowest BCUT2D eigenvalue weighted by atomic mass is 9.86. The number of carbonyl (C=O) groups excluding carboxylic acids is 3. The minimum absolute atomic E-state index is 0.171. The van der Waals surface area contributed by atoms with Crippen molar-refractivity contribution < 1.29 is 28.6 Å². The van der Waals surface area contributed by atoms with E-state index >= 15 is 0 Å². The van der Waals surface area contributed by atoms with E-state index in [1.165, 1.54) is 0 Å². The van der Waals surface area contributed by atoms with E-state index < -0.39 is 23.4 Å². The lowest BCUT2D eigenvalue weighted by Crippen LogP contribution is -2.44. The highest BCUT2D eigenvalue weighted by molar-refractivity contribution is 6.09. The van der Waals surface area contributed by atoms with Gasteiger partial charge in [-0.3, -0.25) is 14.5 Å². The van der Waals surface area contributed by atoms with Gasteiger partial charge in [0.1, 0.15) is 17.8 Å². The zero-order chi connectivity index (χ0) is 22.9. The Morgan fingerprint density at radius 3 is 2.69 bits per heavy atom. The molecule has 2 heterocycles. The highest BCUT2D eigenvalue weighted by atomic mass is 16.7. The fourth-order valence-electron chi connectivity index (χ4n) is 4.00. The largest absolute Gasteiger partial charge is 0.496 e. The van der Waals surface area contributed by atoms with Crippen LogP contribution in [-0.2, 0) is 21.7 Å². The molecule has 9 nitrogen and oxygen atoms in total. The van der Waals surface area contributed by atoms with Crippen LogP contribution >= 0.6 is 0 Å². The molecule has 0 spiro atoms. The predicted molar refractivity (Wildman–Crippen MR) is 114 cm³/mol. The minimum Gasteiger partial charge on any atom is -0.496 e. The third kappa shape index (κ3) is 3.70. The Hall–Kier alpha value is -3.75. The molecule has 2 aromatic carbocycles. The van der Waals surface area contributed by atoms with Crippen molar-refractivity contribution in [3.8, 4) is 17.2 Å². The number of ether oxygens (including phenoxy) is 3. The van der Waals surface area contributed by atoms with E-state index in [-0.39, 0.29) is 19.9 Å². The first-order chi connectivity index (χ1) is 15.4. The molecule has 0 saturated carbocycles. The van der Waals surface area contributed by atoms with E-state index in [0.29, 0.717) is 29.2 Å². The van der Waals surface area contributed by atoms with E-state index in [1.807, 2.05) is 26.0 Å². The Kier molecular flexibility index (Phi) is 5.65. The number of rotatable bonds is 7. The van der Waals surface area contributed by atoms with E-state index in [0.717, 1.165) is 16.0 Å². The van der Waals surface area contributed by atoms with Gasteiger partial charge in [-0.05, 0) is 54.3 Å². The number of methoxy groups -OCH3 is 1. The summed E-state index contributed by atoms with van der Waals surface area (Å²) in [5.41, 5.74) is 1.10. The Bertz CT molecular complexity index is 1090. The first-order valence-electron chi connectivity index (χ1n) is 10.3. The van der Waals surface area contributed by atoms with Crippen molar-refractivity contribution in [3.63, 3.8) is 0 Å². The Labute approximate surface area is 185 Å². The molecule has 1 fully saturated rings. The zero-order valence-electron chi connectivity index (χ0n) is 18.2. The van der Waals surface area contributed by atoms with Gasteiger partial charge in [0.25, 0.3) is 5.91 Å². The summed E-state index contributed by atoms with van der Waals surface area (Å²) in [5, 5.41) is 5.53. The van der Waals surface area contributed by atoms with E-state index in [9.17, 15) is 14.4 Å². The molecule has 32 heavy (non-hydrogen) atoms. The lowest BCUT2D eigenvalue weighted by molar-refractivity contribution is -0.135. The van der Waals surface area contributed by atoms with Gasteiger partial charge in [-0.25, -0.2) is 4.79 Å². The summed E-state index contributed by atoms with van der Waals surface area (Å²) in [6.07, 6.45) is 0.346. The van der Waals surface area contributed by atoms with Crippen LogP contribution in [-0.4, -0.2) is 43.2 Å². The molecule has 1 saturated heterocycles. The molecule has 2 aliphatic heterocycles. The SMILES string of the molecule is CCC1(c2ccc(OC)c(C)c2)NC(=O)N(CC(=O)NCc2ccc3c(c2)OCO3)C1=O. The standard InChI is InChI=1S/C23H25N3O6/c1-4-23(16-6-8-17(30-3)14(2)9-16)21(28)26(22(29)25-23)12-20(27)24-11-15-5-7-18-19(10-15)32-13-31-18/h5-10H,4,11-13H2,1-3H3,(H,24,27)(H,25,29). The van der Waals surface area contributed by atoms with E-state index in [2.05, 4.69) is 10.6 Å². The number of nitrogens with zero attached hydrogens (tertiary/aromatic N) is 1. The third-order valence-electron chi connectivity index (χ3n) is 5.82. The summed E-state index contributed by atoms with van der Waals surface area (Å²) < 4.78 is 15.9. The number of carbonyl (C=O) groups is 3. The number of benzene rings is 2. The number of hydrogen-bond acceptors (Lipinski definition) is 6. The van der Waals surface area contributed by atoms with Crippen LogP contribution in [0.2, 0.25) is 0 Å². The first kappa shape index (κ1) is 21.5.